The fourth-order valence-electron chi connectivity index (χ4n) is 1.98. The van der Waals surface area contributed by atoms with E-state index in [4.69, 9.17) is 10.5 Å². The highest BCUT2D eigenvalue weighted by Gasteiger charge is 2.49. The fourth-order valence-corrected chi connectivity index (χ4v) is 1.98. The Hall–Kier alpha value is -1.10. The van der Waals surface area contributed by atoms with Crippen LogP contribution in [0.3, 0.4) is 0 Å². The molecule has 0 bridgehead atoms. The summed E-state index contributed by atoms with van der Waals surface area (Å²) in [5.41, 5.74) is 5.18. The first-order chi connectivity index (χ1) is 6.85. The van der Waals surface area contributed by atoms with Crippen LogP contribution < -0.4 is 5.73 Å². The number of ether oxygens (including phenoxy) is 1. The van der Waals surface area contributed by atoms with Gasteiger partial charge in [0, 0.05) is 13.2 Å². The second kappa shape index (κ2) is 3.81. The van der Waals surface area contributed by atoms with Gasteiger partial charge in [-0.3, -0.25) is 0 Å². The number of amidine groups is 1. The van der Waals surface area contributed by atoms with Crippen molar-refractivity contribution < 1.29 is 9.53 Å². The Morgan fingerprint density at radius 1 is 1.47 bits per heavy atom. The van der Waals surface area contributed by atoms with Crippen LogP contribution in [-0.2, 0) is 4.74 Å². The van der Waals surface area contributed by atoms with E-state index >= 15 is 0 Å². The lowest BCUT2D eigenvalue weighted by atomic mass is 9.92. The standard InChI is InChI=1S/C10H19N3O2/c1-6(2)13-9(14)12-8(11)10(13,4)7(3)15-5/h6-7H,1-5H3,(H2,11,12,14). The first-order valence-corrected chi connectivity index (χ1v) is 5.06. The number of nitrogens with zero attached hydrogens (tertiary/aromatic N) is 2. The van der Waals surface area contributed by atoms with Crippen LogP contribution in [0.1, 0.15) is 27.7 Å². The number of urea groups is 1. The van der Waals surface area contributed by atoms with Crippen LogP contribution in [0.5, 0.6) is 0 Å². The maximum Gasteiger partial charge on any atom is 0.346 e. The SMILES string of the molecule is COC(C)C1(C)C(N)=NC(=O)N1C(C)C. The lowest BCUT2D eigenvalue weighted by molar-refractivity contribution is 0.0156. The zero-order chi connectivity index (χ0) is 11.8. The molecule has 86 valence electrons. The van der Waals surface area contributed by atoms with Crippen LogP contribution in [0.2, 0.25) is 0 Å². The van der Waals surface area contributed by atoms with Crippen LogP contribution in [0.15, 0.2) is 4.99 Å². The minimum absolute atomic E-state index is 0.0462. The fraction of sp³-hybridized carbons (Fsp3) is 0.800. The molecule has 15 heavy (non-hydrogen) atoms. The largest absolute Gasteiger partial charge is 0.385 e. The summed E-state index contributed by atoms with van der Waals surface area (Å²) in [5, 5.41) is 0. The van der Waals surface area contributed by atoms with Gasteiger partial charge in [0.15, 0.2) is 0 Å². The zero-order valence-electron chi connectivity index (χ0n) is 9.94. The molecule has 2 amide bonds. The molecule has 1 aliphatic heterocycles. The summed E-state index contributed by atoms with van der Waals surface area (Å²) in [5.74, 6) is 0.329. The molecule has 2 atom stereocenters. The summed E-state index contributed by atoms with van der Waals surface area (Å²) >= 11 is 0. The van der Waals surface area contributed by atoms with Crippen LogP contribution in [-0.4, -0.2) is 41.6 Å². The molecule has 0 radical (unpaired) electrons. The van der Waals surface area contributed by atoms with Gasteiger partial charge >= 0.3 is 6.03 Å². The Morgan fingerprint density at radius 3 is 2.40 bits per heavy atom. The topological polar surface area (TPSA) is 67.9 Å². The predicted molar refractivity (Wildman–Crippen MR) is 58.9 cm³/mol. The number of carbonyl (C=O) groups is 1. The van der Waals surface area contributed by atoms with E-state index in [1.807, 2.05) is 27.7 Å². The summed E-state index contributed by atoms with van der Waals surface area (Å²) in [6.07, 6.45) is -0.185. The van der Waals surface area contributed by atoms with E-state index in [0.29, 0.717) is 5.84 Å². The van der Waals surface area contributed by atoms with Gasteiger partial charge in [-0.05, 0) is 27.7 Å². The number of methoxy groups -OCH3 is 1. The van der Waals surface area contributed by atoms with E-state index in [2.05, 4.69) is 4.99 Å². The van der Waals surface area contributed by atoms with Gasteiger partial charge in [0.2, 0.25) is 0 Å². The Balaban J connectivity index is 3.13. The van der Waals surface area contributed by atoms with Crippen LogP contribution in [0.25, 0.3) is 0 Å². The van der Waals surface area contributed by atoms with Crippen molar-refractivity contribution in [3.8, 4) is 0 Å². The molecule has 1 rings (SSSR count). The number of amides is 2. The smallest absolute Gasteiger partial charge is 0.346 e. The van der Waals surface area contributed by atoms with Crippen molar-refractivity contribution >= 4 is 11.9 Å². The predicted octanol–water partition coefficient (Wildman–Crippen LogP) is 0.981. The maximum absolute atomic E-state index is 11.7. The molecule has 0 saturated heterocycles. The van der Waals surface area contributed by atoms with E-state index < -0.39 is 5.54 Å². The molecule has 0 spiro atoms. The minimum atomic E-state index is -0.639. The molecule has 1 aliphatic rings. The second-order valence-corrected chi connectivity index (χ2v) is 4.27. The number of aliphatic imine (C=N–C) groups is 1. The Kier molecular flexibility index (Phi) is 3.04. The van der Waals surface area contributed by atoms with Gasteiger partial charge in [0.25, 0.3) is 0 Å². The number of carbonyl (C=O) groups excluding carboxylic acids is 1. The van der Waals surface area contributed by atoms with E-state index in [1.165, 1.54) is 0 Å². The zero-order valence-corrected chi connectivity index (χ0v) is 9.94. The van der Waals surface area contributed by atoms with Gasteiger partial charge in [-0.1, -0.05) is 0 Å². The molecule has 2 N–H and O–H groups in total. The maximum atomic E-state index is 11.7. The molecule has 0 saturated carbocycles. The Bertz CT molecular complexity index is 301. The van der Waals surface area contributed by atoms with Crippen molar-refractivity contribution in [2.45, 2.75) is 45.4 Å². The monoisotopic (exact) mass is 213 g/mol. The molecule has 5 nitrogen and oxygen atoms in total. The lowest BCUT2D eigenvalue weighted by Crippen LogP contribution is -2.61. The van der Waals surface area contributed by atoms with Gasteiger partial charge in [-0.2, -0.15) is 4.99 Å². The van der Waals surface area contributed by atoms with Crippen LogP contribution >= 0.6 is 0 Å². The third-order valence-electron chi connectivity index (χ3n) is 3.10. The average Bonchev–Trinajstić information content (AvgIpc) is 2.37. The van der Waals surface area contributed by atoms with Crippen LogP contribution in [0.4, 0.5) is 4.79 Å². The molecular weight excluding hydrogens is 194 g/mol. The first kappa shape index (κ1) is 12.0. The van der Waals surface area contributed by atoms with E-state index in [1.54, 1.807) is 12.0 Å². The summed E-state index contributed by atoms with van der Waals surface area (Å²) in [6.45, 7) is 7.64. The van der Waals surface area contributed by atoms with Gasteiger partial charge in [-0.15, -0.1) is 0 Å². The molecule has 5 heteroatoms. The minimum Gasteiger partial charge on any atom is -0.385 e. The number of rotatable bonds is 3. The Morgan fingerprint density at radius 2 is 2.00 bits per heavy atom. The highest BCUT2D eigenvalue weighted by atomic mass is 16.5. The number of nitrogens with two attached hydrogens (primary N) is 1. The van der Waals surface area contributed by atoms with Crippen molar-refractivity contribution in [3.05, 3.63) is 0 Å². The molecule has 0 aliphatic carbocycles. The molecule has 0 aromatic rings. The summed E-state index contributed by atoms with van der Waals surface area (Å²) in [4.78, 5) is 17.1. The van der Waals surface area contributed by atoms with Gasteiger partial charge < -0.3 is 15.4 Å². The summed E-state index contributed by atoms with van der Waals surface area (Å²) in [6, 6.07) is -0.237. The summed E-state index contributed by atoms with van der Waals surface area (Å²) < 4.78 is 5.28. The third kappa shape index (κ3) is 1.61. The number of hydrogen-bond acceptors (Lipinski definition) is 3. The molecule has 2 unspecified atom stereocenters. The average molecular weight is 213 g/mol. The highest BCUT2D eigenvalue weighted by molar-refractivity contribution is 6.06. The van der Waals surface area contributed by atoms with Crippen molar-refractivity contribution in [1.82, 2.24) is 4.90 Å². The number of hydrogen-bond donors (Lipinski definition) is 1. The Labute approximate surface area is 90.3 Å². The first-order valence-electron chi connectivity index (χ1n) is 5.06. The molecule has 1 heterocycles. The van der Waals surface area contributed by atoms with Crippen LogP contribution in [0, 0.1) is 0 Å². The normalized spacial score (nSPS) is 28.5. The molecule has 0 aromatic heterocycles. The second-order valence-electron chi connectivity index (χ2n) is 4.27. The van der Waals surface area contributed by atoms with Gasteiger partial charge in [-0.25, -0.2) is 4.79 Å². The van der Waals surface area contributed by atoms with Crippen molar-refractivity contribution in [1.29, 1.82) is 0 Å². The van der Waals surface area contributed by atoms with E-state index in [9.17, 15) is 4.79 Å². The van der Waals surface area contributed by atoms with Gasteiger partial charge in [0.1, 0.15) is 11.4 Å². The van der Waals surface area contributed by atoms with Crippen molar-refractivity contribution in [3.63, 3.8) is 0 Å². The van der Waals surface area contributed by atoms with E-state index in [0.717, 1.165) is 0 Å². The lowest BCUT2D eigenvalue weighted by Gasteiger charge is -2.40. The van der Waals surface area contributed by atoms with Crippen molar-refractivity contribution in [2.75, 3.05) is 7.11 Å². The quantitative estimate of drug-likeness (QED) is 0.760. The van der Waals surface area contributed by atoms with E-state index in [-0.39, 0.29) is 18.2 Å². The third-order valence-corrected chi connectivity index (χ3v) is 3.10. The molecule has 0 fully saturated rings. The molecule has 0 aromatic carbocycles. The summed E-state index contributed by atoms with van der Waals surface area (Å²) in [7, 11) is 1.60. The van der Waals surface area contributed by atoms with Gasteiger partial charge in [0.05, 0.1) is 6.10 Å². The van der Waals surface area contributed by atoms with Crippen molar-refractivity contribution in [2.24, 2.45) is 10.7 Å². The molecular formula is C10H19N3O2. The highest BCUT2D eigenvalue weighted by Crippen LogP contribution is 2.30.